The summed E-state index contributed by atoms with van der Waals surface area (Å²) in [5, 5.41) is 8.64. The van der Waals surface area contributed by atoms with Crippen molar-refractivity contribution in [2.75, 3.05) is 49.1 Å². The van der Waals surface area contributed by atoms with Crippen LogP contribution in [0.15, 0.2) is 59.5 Å². The number of sulfonamides is 1. The number of aromatic nitrogens is 2. The van der Waals surface area contributed by atoms with Crippen LogP contribution in [0.25, 0.3) is 11.3 Å². The fraction of sp³-hybridized carbons (Fsp3) is 0.273. The Bertz CT molecular complexity index is 1190. The number of hydrogen-bond donors (Lipinski definition) is 1. The van der Waals surface area contributed by atoms with Crippen LogP contribution in [0.1, 0.15) is 0 Å². The smallest absolute Gasteiger partial charge is 0.262 e. The van der Waals surface area contributed by atoms with Gasteiger partial charge in [-0.25, -0.2) is 8.42 Å². The molecule has 0 bridgehead atoms. The summed E-state index contributed by atoms with van der Waals surface area (Å²) >= 11 is 0. The number of rotatable bonds is 5. The van der Waals surface area contributed by atoms with Gasteiger partial charge in [0.05, 0.1) is 23.8 Å². The molecule has 2 aromatic carbocycles. The lowest BCUT2D eigenvalue weighted by atomic mass is 10.1. The number of benzene rings is 2. The van der Waals surface area contributed by atoms with Gasteiger partial charge in [-0.15, -0.1) is 10.2 Å². The van der Waals surface area contributed by atoms with Crippen molar-refractivity contribution in [3.63, 3.8) is 0 Å². The molecular formula is C22H22N4O5S. The Morgan fingerprint density at radius 2 is 1.56 bits per heavy atom. The lowest BCUT2D eigenvalue weighted by molar-refractivity contribution is 0.122. The molecule has 0 amide bonds. The minimum absolute atomic E-state index is 0.107. The molecule has 1 fully saturated rings. The molecule has 1 N–H and O–H groups in total. The summed E-state index contributed by atoms with van der Waals surface area (Å²) in [5.74, 6) is 1.79. The van der Waals surface area contributed by atoms with Crippen LogP contribution in [0.2, 0.25) is 0 Å². The minimum atomic E-state index is -3.77. The summed E-state index contributed by atoms with van der Waals surface area (Å²) < 4.78 is 44.5. The lowest BCUT2D eigenvalue weighted by Gasteiger charge is -2.27. The molecule has 0 atom stereocenters. The number of nitrogens with one attached hydrogen (secondary N) is 1. The van der Waals surface area contributed by atoms with E-state index in [-0.39, 0.29) is 4.90 Å². The van der Waals surface area contributed by atoms with Crippen molar-refractivity contribution in [1.29, 1.82) is 0 Å². The van der Waals surface area contributed by atoms with Gasteiger partial charge in [0.15, 0.2) is 17.3 Å². The highest BCUT2D eigenvalue weighted by Crippen LogP contribution is 2.33. The lowest BCUT2D eigenvalue weighted by Crippen LogP contribution is -2.36. The van der Waals surface area contributed by atoms with Crippen LogP contribution in [0, 0.1) is 0 Å². The fourth-order valence-electron chi connectivity index (χ4n) is 3.55. The molecule has 5 rings (SSSR count). The van der Waals surface area contributed by atoms with Crippen LogP contribution in [0.4, 0.5) is 11.5 Å². The second kappa shape index (κ2) is 8.64. The number of hydrogen-bond acceptors (Lipinski definition) is 8. The molecule has 9 nitrogen and oxygen atoms in total. The van der Waals surface area contributed by atoms with Crippen LogP contribution in [-0.2, 0) is 14.8 Å². The standard InChI is InChI=1S/C22H22N4O5S/c27-32(28,18-5-7-20-21(15-18)31-14-13-30-20)25-17-3-1-16(2-4-17)19-6-8-22(24-23-19)26-9-11-29-12-10-26/h1-8,15,25H,9-14H2. The van der Waals surface area contributed by atoms with Crippen molar-refractivity contribution in [3.8, 4) is 22.8 Å². The highest BCUT2D eigenvalue weighted by atomic mass is 32.2. The summed E-state index contributed by atoms with van der Waals surface area (Å²) in [6.45, 7) is 3.81. The molecule has 1 aromatic heterocycles. The monoisotopic (exact) mass is 454 g/mol. The van der Waals surface area contributed by atoms with Crippen LogP contribution >= 0.6 is 0 Å². The molecule has 3 heterocycles. The third-order valence-electron chi connectivity index (χ3n) is 5.24. The van der Waals surface area contributed by atoms with Crippen LogP contribution < -0.4 is 19.1 Å². The first-order chi connectivity index (χ1) is 15.6. The van der Waals surface area contributed by atoms with E-state index in [2.05, 4.69) is 19.8 Å². The normalized spacial score (nSPS) is 15.9. The zero-order valence-electron chi connectivity index (χ0n) is 17.2. The largest absolute Gasteiger partial charge is 0.486 e. The van der Waals surface area contributed by atoms with E-state index >= 15 is 0 Å². The topological polar surface area (TPSA) is 103 Å². The van der Waals surface area contributed by atoms with Crippen molar-refractivity contribution in [3.05, 3.63) is 54.6 Å². The van der Waals surface area contributed by atoms with E-state index in [1.165, 1.54) is 12.1 Å². The van der Waals surface area contributed by atoms with Gasteiger partial charge in [-0.05, 0) is 36.4 Å². The van der Waals surface area contributed by atoms with E-state index in [1.54, 1.807) is 30.3 Å². The summed E-state index contributed by atoms with van der Waals surface area (Å²) in [6.07, 6.45) is 0. The van der Waals surface area contributed by atoms with E-state index in [4.69, 9.17) is 14.2 Å². The summed E-state index contributed by atoms with van der Waals surface area (Å²) in [6, 6.07) is 15.4. The van der Waals surface area contributed by atoms with Gasteiger partial charge in [-0.1, -0.05) is 12.1 Å². The first kappa shape index (κ1) is 20.5. The number of anilines is 2. The Hall–Kier alpha value is -3.37. The molecule has 0 spiro atoms. The second-order valence-corrected chi connectivity index (χ2v) is 9.05. The molecule has 3 aromatic rings. The molecule has 2 aliphatic rings. The molecule has 2 aliphatic heterocycles. The fourth-order valence-corrected chi connectivity index (χ4v) is 4.63. The Morgan fingerprint density at radius 1 is 0.812 bits per heavy atom. The van der Waals surface area contributed by atoms with Gasteiger partial charge in [-0.3, -0.25) is 4.72 Å². The van der Waals surface area contributed by atoms with E-state index in [9.17, 15) is 8.42 Å². The first-order valence-corrected chi connectivity index (χ1v) is 11.8. The Balaban J connectivity index is 1.29. The molecular weight excluding hydrogens is 432 g/mol. The van der Waals surface area contributed by atoms with E-state index in [0.29, 0.717) is 49.3 Å². The van der Waals surface area contributed by atoms with E-state index in [0.717, 1.165) is 24.5 Å². The molecule has 0 aliphatic carbocycles. The van der Waals surface area contributed by atoms with Gasteiger partial charge in [0.2, 0.25) is 0 Å². The molecule has 0 saturated carbocycles. The maximum Gasteiger partial charge on any atom is 0.262 e. The SMILES string of the molecule is O=S(=O)(Nc1ccc(-c2ccc(N3CCOCC3)nn2)cc1)c1ccc2c(c1)OCCO2. The number of fused-ring (bicyclic) bond motifs is 1. The van der Waals surface area contributed by atoms with Gasteiger partial charge in [0, 0.05) is 30.4 Å². The average Bonchev–Trinajstić information content (AvgIpc) is 2.85. The van der Waals surface area contributed by atoms with Crippen molar-refractivity contribution >= 4 is 21.5 Å². The summed E-state index contributed by atoms with van der Waals surface area (Å²) in [4.78, 5) is 2.24. The quantitative estimate of drug-likeness (QED) is 0.628. The Kier molecular flexibility index (Phi) is 5.54. The predicted octanol–water partition coefficient (Wildman–Crippen LogP) is 2.55. The average molecular weight is 455 g/mol. The zero-order chi connectivity index (χ0) is 22.0. The third-order valence-corrected chi connectivity index (χ3v) is 6.62. The zero-order valence-corrected chi connectivity index (χ0v) is 18.0. The summed E-state index contributed by atoms with van der Waals surface area (Å²) in [7, 11) is -3.77. The minimum Gasteiger partial charge on any atom is -0.486 e. The van der Waals surface area contributed by atoms with Gasteiger partial charge < -0.3 is 19.1 Å². The van der Waals surface area contributed by atoms with Crippen LogP contribution in [0.5, 0.6) is 11.5 Å². The van der Waals surface area contributed by atoms with Crippen molar-refractivity contribution in [1.82, 2.24) is 10.2 Å². The number of nitrogens with zero attached hydrogens (tertiary/aromatic N) is 3. The number of ether oxygens (including phenoxy) is 3. The number of morpholine rings is 1. The van der Waals surface area contributed by atoms with Crippen LogP contribution in [-0.4, -0.2) is 58.1 Å². The highest BCUT2D eigenvalue weighted by Gasteiger charge is 2.20. The third kappa shape index (κ3) is 4.32. The highest BCUT2D eigenvalue weighted by molar-refractivity contribution is 7.92. The maximum absolute atomic E-state index is 12.8. The summed E-state index contributed by atoms with van der Waals surface area (Å²) in [5.41, 5.74) is 2.00. The van der Waals surface area contributed by atoms with Crippen molar-refractivity contribution in [2.24, 2.45) is 0 Å². The molecule has 32 heavy (non-hydrogen) atoms. The van der Waals surface area contributed by atoms with Crippen molar-refractivity contribution < 1.29 is 22.6 Å². The van der Waals surface area contributed by atoms with Gasteiger partial charge in [-0.2, -0.15) is 0 Å². The molecule has 1 saturated heterocycles. The molecule has 0 radical (unpaired) electrons. The second-order valence-electron chi connectivity index (χ2n) is 7.36. The first-order valence-electron chi connectivity index (χ1n) is 10.3. The molecule has 10 heteroatoms. The molecule has 166 valence electrons. The van der Waals surface area contributed by atoms with Gasteiger partial charge in [0.25, 0.3) is 10.0 Å². The van der Waals surface area contributed by atoms with Crippen molar-refractivity contribution in [2.45, 2.75) is 4.90 Å². The Morgan fingerprint density at radius 3 is 2.28 bits per heavy atom. The molecule has 0 unspecified atom stereocenters. The predicted molar refractivity (Wildman–Crippen MR) is 119 cm³/mol. The van der Waals surface area contributed by atoms with Crippen LogP contribution in [0.3, 0.4) is 0 Å². The van der Waals surface area contributed by atoms with E-state index < -0.39 is 10.0 Å². The van der Waals surface area contributed by atoms with Gasteiger partial charge in [0.1, 0.15) is 13.2 Å². The maximum atomic E-state index is 12.8. The Labute approximate surface area is 186 Å². The van der Waals surface area contributed by atoms with Gasteiger partial charge >= 0.3 is 0 Å². The van der Waals surface area contributed by atoms with E-state index in [1.807, 2.05) is 12.1 Å².